The van der Waals surface area contributed by atoms with Crippen molar-refractivity contribution in [2.45, 2.75) is 26.2 Å². The number of nitrogens with zero attached hydrogens (tertiary/aromatic N) is 3. The maximum absolute atomic E-state index is 13.2. The summed E-state index contributed by atoms with van der Waals surface area (Å²) >= 11 is 3.44. The monoisotopic (exact) mass is 530 g/mol. The van der Waals surface area contributed by atoms with E-state index < -0.39 is 12.0 Å². The molecular weight excluding hydrogens is 508 g/mol. The second kappa shape index (κ2) is 10.1. The van der Waals surface area contributed by atoms with Crippen molar-refractivity contribution < 1.29 is 14.3 Å². The van der Waals surface area contributed by atoms with Gasteiger partial charge in [0.15, 0.2) is 0 Å². The molecule has 0 saturated heterocycles. The molecule has 0 fully saturated rings. The quantitative estimate of drug-likeness (QED) is 0.311. The van der Waals surface area contributed by atoms with E-state index in [9.17, 15) is 4.79 Å². The molecule has 4 aromatic rings. The zero-order valence-electron chi connectivity index (χ0n) is 19.0. The van der Waals surface area contributed by atoms with Crippen LogP contribution < -0.4 is 10.1 Å². The number of benzene rings is 3. The third kappa shape index (κ3) is 5.12. The minimum Gasteiger partial charge on any atom is -0.489 e. The molecule has 5 rings (SSSR count). The van der Waals surface area contributed by atoms with Crippen molar-refractivity contribution in [2.75, 3.05) is 5.32 Å². The number of rotatable bonds is 7. The van der Waals surface area contributed by atoms with E-state index in [4.69, 9.17) is 9.47 Å². The van der Waals surface area contributed by atoms with E-state index in [1.807, 2.05) is 85.8 Å². The van der Waals surface area contributed by atoms with E-state index in [0.29, 0.717) is 23.8 Å². The maximum Gasteiger partial charge on any atom is 0.338 e. The number of carbonyl (C=O) groups excluding carboxylic acids is 1. The Kier molecular flexibility index (Phi) is 6.63. The summed E-state index contributed by atoms with van der Waals surface area (Å²) in [5.74, 6) is 0.904. The summed E-state index contributed by atoms with van der Waals surface area (Å²) in [5, 5.41) is 7.53. The highest BCUT2D eigenvalue weighted by molar-refractivity contribution is 9.10. The number of esters is 1. The predicted octanol–water partition coefficient (Wildman–Crippen LogP) is 5.65. The molecule has 0 aliphatic carbocycles. The van der Waals surface area contributed by atoms with Crippen molar-refractivity contribution >= 4 is 27.8 Å². The highest BCUT2D eigenvalue weighted by Gasteiger charge is 2.34. The summed E-state index contributed by atoms with van der Waals surface area (Å²) in [7, 11) is 0. The first-order chi connectivity index (χ1) is 17.1. The summed E-state index contributed by atoms with van der Waals surface area (Å²) < 4.78 is 14.3. The summed E-state index contributed by atoms with van der Waals surface area (Å²) in [5.41, 5.74) is 4.05. The number of anilines is 1. The van der Waals surface area contributed by atoms with Crippen LogP contribution in [0.5, 0.6) is 5.75 Å². The third-order valence-electron chi connectivity index (χ3n) is 5.74. The summed E-state index contributed by atoms with van der Waals surface area (Å²) in [6, 6.07) is 24.8. The highest BCUT2D eigenvalue weighted by Crippen LogP contribution is 2.36. The minimum absolute atomic E-state index is 0.191. The van der Waals surface area contributed by atoms with Gasteiger partial charge in [0.1, 0.15) is 31.3 Å². The molecule has 1 aliphatic heterocycles. The first kappa shape index (κ1) is 22.9. The molecule has 1 atom stereocenters. The van der Waals surface area contributed by atoms with E-state index in [2.05, 4.69) is 31.3 Å². The fourth-order valence-electron chi connectivity index (χ4n) is 3.96. The van der Waals surface area contributed by atoms with Crippen molar-refractivity contribution in [3.05, 3.63) is 118 Å². The van der Waals surface area contributed by atoms with Crippen LogP contribution in [0.2, 0.25) is 0 Å². The Hall–Kier alpha value is -3.91. The van der Waals surface area contributed by atoms with Crippen LogP contribution in [0, 0.1) is 0 Å². The number of hydrogen-bond acceptors (Lipinski definition) is 6. The van der Waals surface area contributed by atoms with E-state index >= 15 is 0 Å². The van der Waals surface area contributed by atoms with Crippen molar-refractivity contribution in [1.29, 1.82) is 0 Å². The Morgan fingerprint density at radius 2 is 1.69 bits per heavy atom. The number of nitrogens with one attached hydrogen (secondary N) is 1. The lowest BCUT2D eigenvalue weighted by atomic mass is 9.95. The van der Waals surface area contributed by atoms with Crippen molar-refractivity contribution in [3.63, 3.8) is 0 Å². The van der Waals surface area contributed by atoms with Crippen molar-refractivity contribution in [2.24, 2.45) is 0 Å². The Balaban J connectivity index is 1.36. The second-order valence-corrected chi connectivity index (χ2v) is 9.06. The topological polar surface area (TPSA) is 78.3 Å². The van der Waals surface area contributed by atoms with Crippen LogP contribution >= 0.6 is 15.9 Å². The van der Waals surface area contributed by atoms with Gasteiger partial charge in [0.25, 0.3) is 0 Å². The number of aromatic nitrogens is 3. The van der Waals surface area contributed by atoms with Gasteiger partial charge in [-0.05, 0) is 47.9 Å². The molecule has 1 aromatic heterocycles. The molecule has 176 valence electrons. The van der Waals surface area contributed by atoms with E-state index in [1.54, 1.807) is 4.68 Å². The Morgan fingerprint density at radius 3 is 2.43 bits per heavy atom. The van der Waals surface area contributed by atoms with Gasteiger partial charge in [0.05, 0.1) is 5.57 Å². The molecule has 3 aromatic carbocycles. The molecule has 1 unspecified atom stereocenters. The summed E-state index contributed by atoms with van der Waals surface area (Å²) in [4.78, 5) is 17.5. The Labute approximate surface area is 211 Å². The van der Waals surface area contributed by atoms with Gasteiger partial charge in [-0.25, -0.2) is 9.48 Å². The van der Waals surface area contributed by atoms with Gasteiger partial charge in [-0.15, -0.1) is 0 Å². The normalized spacial score (nSPS) is 14.7. The fourth-order valence-corrected chi connectivity index (χ4v) is 4.22. The molecule has 0 amide bonds. The molecule has 8 heteroatoms. The van der Waals surface area contributed by atoms with Crippen LogP contribution in [0.1, 0.15) is 29.7 Å². The number of hydrogen-bond donors (Lipinski definition) is 1. The first-order valence-corrected chi connectivity index (χ1v) is 11.9. The van der Waals surface area contributed by atoms with Gasteiger partial charge in [-0.3, -0.25) is 0 Å². The van der Waals surface area contributed by atoms with Gasteiger partial charge in [0.2, 0.25) is 5.95 Å². The van der Waals surface area contributed by atoms with Crippen LogP contribution in [-0.4, -0.2) is 20.7 Å². The molecule has 2 heterocycles. The molecule has 1 aliphatic rings. The van der Waals surface area contributed by atoms with Crippen LogP contribution in [-0.2, 0) is 22.7 Å². The minimum atomic E-state index is -0.474. The van der Waals surface area contributed by atoms with Crippen molar-refractivity contribution in [1.82, 2.24) is 14.8 Å². The Bertz CT molecular complexity index is 1350. The Morgan fingerprint density at radius 1 is 0.971 bits per heavy atom. The largest absolute Gasteiger partial charge is 0.489 e. The average Bonchev–Trinajstić information content (AvgIpc) is 3.35. The van der Waals surface area contributed by atoms with E-state index in [1.165, 1.54) is 6.33 Å². The third-order valence-corrected chi connectivity index (χ3v) is 6.27. The molecule has 0 bridgehead atoms. The smallest absolute Gasteiger partial charge is 0.338 e. The standard InChI is InChI=1S/C27H23BrN4O3/c1-18-24(26(33)35-16-19-5-3-2-4-6-19)25(32-27(31-18)29-17-30-32)21-9-13-23(14-10-21)34-15-20-7-11-22(28)12-8-20/h2-14,17,25H,15-16H2,1H3,(H,29,30,31). The van der Waals surface area contributed by atoms with Gasteiger partial charge in [0, 0.05) is 10.2 Å². The van der Waals surface area contributed by atoms with Crippen LogP contribution in [0.15, 0.2) is 101 Å². The van der Waals surface area contributed by atoms with Crippen LogP contribution in [0.4, 0.5) is 5.95 Å². The lowest BCUT2D eigenvalue weighted by molar-refractivity contribution is -0.140. The summed E-state index contributed by atoms with van der Waals surface area (Å²) in [6.07, 6.45) is 1.47. The van der Waals surface area contributed by atoms with Gasteiger partial charge in [-0.1, -0.05) is 70.5 Å². The summed E-state index contributed by atoms with van der Waals surface area (Å²) in [6.45, 7) is 2.50. The number of carbonyl (C=O) groups is 1. The van der Waals surface area contributed by atoms with E-state index in [-0.39, 0.29) is 6.61 Å². The van der Waals surface area contributed by atoms with Crippen LogP contribution in [0.3, 0.4) is 0 Å². The number of ether oxygens (including phenoxy) is 2. The average molecular weight is 531 g/mol. The maximum atomic E-state index is 13.2. The zero-order valence-corrected chi connectivity index (χ0v) is 20.6. The predicted molar refractivity (Wildman–Crippen MR) is 136 cm³/mol. The molecule has 0 saturated carbocycles. The second-order valence-electron chi connectivity index (χ2n) is 8.14. The van der Waals surface area contributed by atoms with Gasteiger partial charge < -0.3 is 14.8 Å². The molecule has 1 N–H and O–H groups in total. The molecule has 35 heavy (non-hydrogen) atoms. The number of allylic oxidation sites excluding steroid dienone is 1. The first-order valence-electron chi connectivity index (χ1n) is 11.1. The lowest BCUT2D eigenvalue weighted by Gasteiger charge is -2.28. The number of halogens is 1. The molecule has 0 radical (unpaired) electrons. The lowest BCUT2D eigenvalue weighted by Crippen LogP contribution is -2.29. The molecule has 7 nitrogen and oxygen atoms in total. The highest BCUT2D eigenvalue weighted by atomic mass is 79.9. The van der Waals surface area contributed by atoms with Crippen molar-refractivity contribution in [3.8, 4) is 5.75 Å². The zero-order chi connectivity index (χ0) is 24.2. The van der Waals surface area contributed by atoms with Gasteiger partial charge >= 0.3 is 5.97 Å². The van der Waals surface area contributed by atoms with Crippen LogP contribution in [0.25, 0.3) is 0 Å². The fraction of sp³-hybridized carbons (Fsp3) is 0.148. The van der Waals surface area contributed by atoms with E-state index in [0.717, 1.165) is 26.9 Å². The molecular formula is C27H23BrN4O3. The SMILES string of the molecule is CC1=C(C(=O)OCc2ccccc2)C(c2ccc(OCc3ccc(Br)cc3)cc2)n2ncnc2N1. The number of fused-ring (bicyclic) bond motifs is 1. The molecule has 0 spiro atoms. The van der Waals surface area contributed by atoms with Gasteiger partial charge in [-0.2, -0.15) is 10.1 Å².